The second-order valence-electron chi connectivity index (χ2n) is 5.49. The first-order valence-corrected chi connectivity index (χ1v) is 7.64. The lowest BCUT2D eigenvalue weighted by Gasteiger charge is -2.17. The van der Waals surface area contributed by atoms with Crippen molar-refractivity contribution in [3.05, 3.63) is 65.2 Å². The monoisotopic (exact) mass is 300 g/mol. The maximum absolute atomic E-state index is 9.06. The summed E-state index contributed by atoms with van der Waals surface area (Å²) in [5.41, 5.74) is 3.64. The van der Waals surface area contributed by atoms with Crippen molar-refractivity contribution in [1.29, 1.82) is 0 Å². The molecule has 0 fully saturated rings. The van der Waals surface area contributed by atoms with Gasteiger partial charge in [-0.05, 0) is 41.5 Å². The Morgan fingerprint density at radius 1 is 1.05 bits per heavy atom. The van der Waals surface area contributed by atoms with Gasteiger partial charge in [0, 0.05) is 13.7 Å². The van der Waals surface area contributed by atoms with E-state index < -0.39 is 0 Å². The van der Waals surface area contributed by atoms with Gasteiger partial charge in [-0.15, -0.1) is 0 Å². The van der Waals surface area contributed by atoms with Crippen LogP contribution >= 0.6 is 0 Å². The maximum Gasteiger partial charge on any atom is 0.188 e. The van der Waals surface area contributed by atoms with Crippen LogP contribution in [0.5, 0.6) is 5.75 Å². The fourth-order valence-electron chi connectivity index (χ4n) is 2.65. The van der Waals surface area contributed by atoms with Gasteiger partial charge in [0.25, 0.3) is 0 Å². The molecule has 0 aromatic heterocycles. The Morgan fingerprint density at radius 2 is 1.82 bits per heavy atom. The van der Waals surface area contributed by atoms with E-state index in [1.54, 1.807) is 7.11 Å². The molecular formula is C19H24O3. The minimum absolute atomic E-state index is 0.187. The van der Waals surface area contributed by atoms with Crippen LogP contribution < -0.4 is 4.74 Å². The van der Waals surface area contributed by atoms with Crippen LogP contribution in [0.3, 0.4) is 0 Å². The highest BCUT2D eigenvalue weighted by atomic mass is 16.7. The standard InChI is InChI=1S/C19H24O3/c1-15(12-17-7-5-6-16(13-17)10-11-20)18-8-3-4-9-19(18)22-14-21-2/h3-9,13,15,20H,10-12,14H2,1-2H3. The van der Waals surface area contributed by atoms with Crippen molar-refractivity contribution in [2.24, 2.45) is 0 Å². The predicted octanol–water partition coefficient (Wildman–Crippen LogP) is 3.55. The van der Waals surface area contributed by atoms with E-state index in [1.807, 2.05) is 18.2 Å². The number of ether oxygens (including phenoxy) is 2. The molecule has 0 saturated heterocycles. The summed E-state index contributed by atoms with van der Waals surface area (Å²) in [6, 6.07) is 16.5. The summed E-state index contributed by atoms with van der Waals surface area (Å²) in [4.78, 5) is 0. The molecular weight excluding hydrogens is 276 g/mol. The Kier molecular flexibility index (Phi) is 6.44. The van der Waals surface area contributed by atoms with Crippen LogP contribution in [-0.2, 0) is 17.6 Å². The summed E-state index contributed by atoms with van der Waals surface area (Å²) in [6.07, 6.45) is 1.64. The van der Waals surface area contributed by atoms with Crippen molar-refractivity contribution in [1.82, 2.24) is 0 Å². The highest BCUT2D eigenvalue weighted by Crippen LogP contribution is 2.29. The lowest BCUT2D eigenvalue weighted by molar-refractivity contribution is 0.0502. The number of aliphatic hydroxyl groups is 1. The molecule has 0 radical (unpaired) electrons. The SMILES string of the molecule is COCOc1ccccc1C(C)Cc1cccc(CCO)c1. The number of methoxy groups -OCH3 is 1. The van der Waals surface area contributed by atoms with Crippen LogP contribution in [-0.4, -0.2) is 25.6 Å². The molecule has 0 bridgehead atoms. The third kappa shape index (κ3) is 4.58. The zero-order valence-corrected chi connectivity index (χ0v) is 13.3. The van der Waals surface area contributed by atoms with Gasteiger partial charge in [0.05, 0.1) is 0 Å². The molecule has 0 heterocycles. The molecule has 2 aromatic rings. The van der Waals surface area contributed by atoms with E-state index in [2.05, 4.69) is 37.3 Å². The summed E-state index contributed by atoms with van der Waals surface area (Å²) in [5, 5.41) is 9.06. The molecule has 2 aromatic carbocycles. The van der Waals surface area contributed by atoms with Gasteiger partial charge >= 0.3 is 0 Å². The van der Waals surface area contributed by atoms with Gasteiger partial charge in [-0.3, -0.25) is 0 Å². The summed E-state index contributed by atoms with van der Waals surface area (Å²) in [5.74, 6) is 1.22. The first-order valence-electron chi connectivity index (χ1n) is 7.64. The molecule has 1 atom stereocenters. The molecule has 3 heteroatoms. The normalized spacial score (nSPS) is 12.1. The molecule has 0 aliphatic carbocycles. The van der Waals surface area contributed by atoms with Gasteiger partial charge in [0.1, 0.15) is 5.75 Å². The van der Waals surface area contributed by atoms with Gasteiger partial charge in [-0.1, -0.05) is 49.4 Å². The van der Waals surface area contributed by atoms with E-state index in [0.29, 0.717) is 12.3 Å². The number of hydrogen-bond donors (Lipinski definition) is 1. The van der Waals surface area contributed by atoms with Crippen LogP contribution in [0.25, 0.3) is 0 Å². The molecule has 0 saturated carbocycles. The van der Waals surface area contributed by atoms with Crippen LogP contribution in [0.1, 0.15) is 29.5 Å². The van der Waals surface area contributed by atoms with E-state index in [-0.39, 0.29) is 13.4 Å². The first kappa shape index (κ1) is 16.5. The topological polar surface area (TPSA) is 38.7 Å². The van der Waals surface area contributed by atoms with Crippen molar-refractivity contribution in [2.75, 3.05) is 20.5 Å². The zero-order chi connectivity index (χ0) is 15.8. The predicted molar refractivity (Wildman–Crippen MR) is 88.3 cm³/mol. The Labute approximate surface area is 132 Å². The highest BCUT2D eigenvalue weighted by Gasteiger charge is 2.12. The van der Waals surface area contributed by atoms with Gasteiger partial charge < -0.3 is 14.6 Å². The van der Waals surface area contributed by atoms with Gasteiger partial charge in [-0.25, -0.2) is 0 Å². The van der Waals surface area contributed by atoms with Crippen molar-refractivity contribution < 1.29 is 14.6 Å². The largest absolute Gasteiger partial charge is 0.467 e. The quantitative estimate of drug-likeness (QED) is 0.758. The van der Waals surface area contributed by atoms with Gasteiger partial charge in [0.15, 0.2) is 6.79 Å². The number of aliphatic hydroxyl groups excluding tert-OH is 1. The molecule has 3 nitrogen and oxygen atoms in total. The number of para-hydroxylation sites is 1. The Balaban J connectivity index is 2.11. The van der Waals surface area contributed by atoms with Crippen molar-refractivity contribution >= 4 is 0 Å². The third-order valence-corrected chi connectivity index (χ3v) is 3.72. The van der Waals surface area contributed by atoms with Crippen molar-refractivity contribution in [3.63, 3.8) is 0 Å². The molecule has 0 aliphatic rings. The second kappa shape index (κ2) is 8.57. The molecule has 2 rings (SSSR count). The zero-order valence-electron chi connectivity index (χ0n) is 13.3. The molecule has 0 aliphatic heterocycles. The summed E-state index contributed by atoms with van der Waals surface area (Å²) < 4.78 is 10.6. The highest BCUT2D eigenvalue weighted by molar-refractivity contribution is 5.37. The van der Waals surface area contributed by atoms with Gasteiger partial charge in [-0.2, -0.15) is 0 Å². The lowest BCUT2D eigenvalue weighted by Crippen LogP contribution is -2.05. The number of hydrogen-bond acceptors (Lipinski definition) is 3. The van der Waals surface area contributed by atoms with Crippen LogP contribution in [0.15, 0.2) is 48.5 Å². The maximum atomic E-state index is 9.06. The average Bonchev–Trinajstić information content (AvgIpc) is 2.54. The summed E-state index contributed by atoms with van der Waals surface area (Å²) in [7, 11) is 1.62. The minimum Gasteiger partial charge on any atom is -0.467 e. The lowest BCUT2D eigenvalue weighted by atomic mass is 9.92. The van der Waals surface area contributed by atoms with Crippen molar-refractivity contribution in [3.8, 4) is 5.75 Å². The molecule has 118 valence electrons. The smallest absolute Gasteiger partial charge is 0.188 e. The third-order valence-electron chi connectivity index (χ3n) is 3.72. The minimum atomic E-state index is 0.187. The van der Waals surface area contributed by atoms with E-state index in [9.17, 15) is 0 Å². The molecule has 1 N–H and O–H groups in total. The van der Waals surface area contributed by atoms with E-state index >= 15 is 0 Å². The summed E-state index contributed by atoms with van der Waals surface area (Å²) >= 11 is 0. The Bertz CT molecular complexity index is 580. The Morgan fingerprint density at radius 3 is 2.59 bits per heavy atom. The van der Waals surface area contributed by atoms with E-state index in [1.165, 1.54) is 16.7 Å². The molecule has 22 heavy (non-hydrogen) atoms. The van der Waals surface area contributed by atoms with E-state index in [0.717, 1.165) is 12.2 Å². The Hall–Kier alpha value is -1.84. The number of rotatable bonds is 8. The second-order valence-corrected chi connectivity index (χ2v) is 5.49. The van der Waals surface area contributed by atoms with E-state index in [4.69, 9.17) is 14.6 Å². The van der Waals surface area contributed by atoms with Crippen LogP contribution in [0, 0.1) is 0 Å². The number of benzene rings is 2. The fourth-order valence-corrected chi connectivity index (χ4v) is 2.65. The fraction of sp³-hybridized carbons (Fsp3) is 0.368. The molecule has 0 amide bonds. The van der Waals surface area contributed by atoms with Crippen LogP contribution in [0.4, 0.5) is 0 Å². The van der Waals surface area contributed by atoms with Gasteiger partial charge in [0.2, 0.25) is 0 Å². The summed E-state index contributed by atoms with van der Waals surface area (Å²) in [6.45, 7) is 2.65. The average molecular weight is 300 g/mol. The van der Waals surface area contributed by atoms with Crippen molar-refractivity contribution in [2.45, 2.75) is 25.7 Å². The first-order chi connectivity index (χ1) is 10.7. The van der Waals surface area contributed by atoms with Crippen LogP contribution in [0.2, 0.25) is 0 Å². The molecule has 1 unspecified atom stereocenters. The molecule has 0 spiro atoms.